The summed E-state index contributed by atoms with van der Waals surface area (Å²) in [6, 6.07) is 5.24. The lowest BCUT2D eigenvalue weighted by Crippen LogP contribution is -2.08. The first-order valence-electron chi connectivity index (χ1n) is 5.07. The molecule has 0 aliphatic rings. The van der Waals surface area contributed by atoms with E-state index in [1.807, 2.05) is 19.9 Å². The Kier molecular flexibility index (Phi) is 2.60. The van der Waals surface area contributed by atoms with Gasteiger partial charge >= 0.3 is 5.97 Å². The molecule has 5 nitrogen and oxygen atoms in total. The van der Waals surface area contributed by atoms with Gasteiger partial charge in [0.1, 0.15) is 0 Å². The number of carbonyl (C=O) groups excluding carboxylic acids is 1. The van der Waals surface area contributed by atoms with Crippen LogP contribution in [-0.2, 0) is 4.74 Å². The maximum absolute atomic E-state index is 11.5. The molecule has 0 radical (unpaired) electrons. The van der Waals surface area contributed by atoms with Gasteiger partial charge in [-0.05, 0) is 12.1 Å². The first-order chi connectivity index (χ1) is 7.63. The largest absolute Gasteiger partial charge is 0.464 e. The lowest BCUT2D eigenvalue weighted by atomic mass is 10.2. The second-order valence-corrected chi connectivity index (χ2v) is 3.80. The summed E-state index contributed by atoms with van der Waals surface area (Å²) in [5.41, 5.74) is 1.05. The molecule has 0 aromatic carbocycles. The van der Waals surface area contributed by atoms with Crippen molar-refractivity contribution >= 4 is 11.6 Å². The minimum absolute atomic E-state index is 0.227. The zero-order chi connectivity index (χ0) is 11.7. The third kappa shape index (κ3) is 1.64. The van der Waals surface area contributed by atoms with Crippen molar-refractivity contribution in [1.29, 1.82) is 0 Å². The van der Waals surface area contributed by atoms with Crippen molar-refractivity contribution in [3.63, 3.8) is 0 Å². The van der Waals surface area contributed by atoms with Crippen molar-refractivity contribution < 1.29 is 9.53 Å². The molecule has 0 saturated heterocycles. The molecule has 0 saturated carbocycles. The standard InChI is InChI=1S/C11H13N3O2/c1-7(2)10-12-9-6-4-5-8(11(15)16-3)14(9)13-10/h4-7H,1-3H3. The summed E-state index contributed by atoms with van der Waals surface area (Å²) in [6.45, 7) is 4.01. The molecule has 0 aliphatic carbocycles. The predicted octanol–water partition coefficient (Wildman–Crippen LogP) is 1.64. The summed E-state index contributed by atoms with van der Waals surface area (Å²) in [7, 11) is 1.35. The van der Waals surface area contributed by atoms with E-state index in [0.29, 0.717) is 11.3 Å². The Labute approximate surface area is 93.1 Å². The molecule has 0 N–H and O–H groups in total. The van der Waals surface area contributed by atoms with Crippen LogP contribution in [0.25, 0.3) is 5.65 Å². The molecule has 0 fully saturated rings. The van der Waals surface area contributed by atoms with Crippen LogP contribution in [0, 0.1) is 0 Å². The lowest BCUT2D eigenvalue weighted by molar-refractivity contribution is 0.0591. The molecule has 0 aliphatic heterocycles. The van der Waals surface area contributed by atoms with Gasteiger partial charge in [-0.15, -0.1) is 0 Å². The van der Waals surface area contributed by atoms with Gasteiger partial charge in [-0.3, -0.25) is 0 Å². The third-order valence-corrected chi connectivity index (χ3v) is 2.29. The summed E-state index contributed by atoms with van der Waals surface area (Å²) in [5.74, 6) is 0.535. The Hall–Kier alpha value is -1.91. The molecule has 5 heteroatoms. The number of ether oxygens (including phenoxy) is 1. The van der Waals surface area contributed by atoms with Gasteiger partial charge in [0.25, 0.3) is 0 Å². The number of methoxy groups -OCH3 is 1. The molecule has 0 unspecified atom stereocenters. The highest BCUT2D eigenvalue weighted by atomic mass is 16.5. The number of hydrogen-bond donors (Lipinski definition) is 0. The van der Waals surface area contributed by atoms with Crippen LogP contribution in [0.1, 0.15) is 36.1 Å². The molecule has 2 aromatic rings. The van der Waals surface area contributed by atoms with E-state index in [1.54, 1.807) is 12.1 Å². The van der Waals surface area contributed by atoms with Crippen molar-refractivity contribution in [3.8, 4) is 0 Å². The fourth-order valence-electron chi connectivity index (χ4n) is 1.43. The van der Waals surface area contributed by atoms with E-state index in [0.717, 1.165) is 5.82 Å². The number of esters is 1. The van der Waals surface area contributed by atoms with E-state index in [9.17, 15) is 4.79 Å². The molecule has 2 heterocycles. The van der Waals surface area contributed by atoms with Crippen molar-refractivity contribution in [3.05, 3.63) is 29.7 Å². The van der Waals surface area contributed by atoms with Crippen molar-refractivity contribution in [2.24, 2.45) is 0 Å². The minimum atomic E-state index is -0.411. The monoisotopic (exact) mass is 219 g/mol. The van der Waals surface area contributed by atoms with Crippen LogP contribution in [0.15, 0.2) is 18.2 Å². The molecule has 0 atom stereocenters. The predicted molar refractivity (Wildman–Crippen MR) is 58.4 cm³/mol. The van der Waals surface area contributed by atoms with Gasteiger partial charge in [0.05, 0.1) is 7.11 Å². The van der Waals surface area contributed by atoms with Crippen LogP contribution < -0.4 is 0 Å². The fourth-order valence-corrected chi connectivity index (χ4v) is 1.43. The second-order valence-electron chi connectivity index (χ2n) is 3.80. The topological polar surface area (TPSA) is 56.5 Å². The number of hydrogen-bond acceptors (Lipinski definition) is 4. The Morgan fingerprint density at radius 1 is 1.44 bits per heavy atom. The Bertz CT molecular complexity index is 531. The van der Waals surface area contributed by atoms with E-state index in [2.05, 4.69) is 14.8 Å². The van der Waals surface area contributed by atoms with Crippen molar-refractivity contribution in [1.82, 2.24) is 14.6 Å². The molecular weight excluding hydrogens is 206 g/mol. The molecule has 16 heavy (non-hydrogen) atoms. The van der Waals surface area contributed by atoms with Gasteiger partial charge in [-0.1, -0.05) is 19.9 Å². The van der Waals surface area contributed by atoms with Crippen LogP contribution in [0.3, 0.4) is 0 Å². The van der Waals surface area contributed by atoms with Gasteiger partial charge in [-0.25, -0.2) is 14.3 Å². The van der Waals surface area contributed by atoms with Crippen LogP contribution in [-0.4, -0.2) is 27.7 Å². The molecule has 0 amide bonds. The highest BCUT2D eigenvalue weighted by Crippen LogP contribution is 2.13. The average molecular weight is 219 g/mol. The van der Waals surface area contributed by atoms with Gasteiger partial charge in [0.15, 0.2) is 17.2 Å². The number of pyridine rings is 1. The SMILES string of the molecule is COC(=O)c1cccc2nc(C(C)C)nn12. The maximum Gasteiger partial charge on any atom is 0.356 e. The van der Waals surface area contributed by atoms with Gasteiger partial charge in [-0.2, -0.15) is 5.10 Å². The van der Waals surface area contributed by atoms with Gasteiger partial charge in [0, 0.05) is 5.92 Å². The summed E-state index contributed by atoms with van der Waals surface area (Å²) in [4.78, 5) is 15.8. The van der Waals surface area contributed by atoms with E-state index in [-0.39, 0.29) is 5.92 Å². The molecule has 2 rings (SSSR count). The number of rotatable bonds is 2. The first-order valence-corrected chi connectivity index (χ1v) is 5.07. The van der Waals surface area contributed by atoms with E-state index >= 15 is 0 Å². The Morgan fingerprint density at radius 2 is 2.19 bits per heavy atom. The smallest absolute Gasteiger partial charge is 0.356 e. The molecule has 2 aromatic heterocycles. The van der Waals surface area contributed by atoms with Crippen LogP contribution >= 0.6 is 0 Å². The summed E-state index contributed by atoms with van der Waals surface area (Å²) in [5, 5.41) is 4.29. The van der Waals surface area contributed by atoms with E-state index in [4.69, 9.17) is 0 Å². The number of aromatic nitrogens is 3. The fraction of sp³-hybridized carbons (Fsp3) is 0.364. The highest BCUT2D eigenvalue weighted by molar-refractivity contribution is 5.88. The van der Waals surface area contributed by atoms with Gasteiger partial charge < -0.3 is 4.74 Å². The number of carbonyl (C=O) groups is 1. The zero-order valence-electron chi connectivity index (χ0n) is 9.47. The van der Waals surface area contributed by atoms with Crippen molar-refractivity contribution in [2.45, 2.75) is 19.8 Å². The van der Waals surface area contributed by atoms with Crippen LogP contribution in [0.2, 0.25) is 0 Å². The quantitative estimate of drug-likeness (QED) is 0.720. The normalized spacial score (nSPS) is 11.0. The summed E-state index contributed by atoms with van der Waals surface area (Å²) >= 11 is 0. The van der Waals surface area contributed by atoms with Crippen molar-refractivity contribution in [2.75, 3.05) is 7.11 Å². The average Bonchev–Trinajstić information content (AvgIpc) is 2.71. The second kappa shape index (κ2) is 3.92. The zero-order valence-corrected chi connectivity index (χ0v) is 9.47. The van der Waals surface area contributed by atoms with Crippen LogP contribution in [0.5, 0.6) is 0 Å². The lowest BCUT2D eigenvalue weighted by Gasteiger charge is -2.00. The van der Waals surface area contributed by atoms with Crippen LogP contribution in [0.4, 0.5) is 0 Å². The highest BCUT2D eigenvalue weighted by Gasteiger charge is 2.14. The Morgan fingerprint density at radius 3 is 2.81 bits per heavy atom. The first kappa shape index (κ1) is 10.6. The third-order valence-electron chi connectivity index (χ3n) is 2.29. The maximum atomic E-state index is 11.5. The molecule has 0 bridgehead atoms. The minimum Gasteiger partial charge on any atom is -0.464 e. The summed E-state index contributed by atoms with van der Waals surface area (Å²) < 4.78 is 6.20. The van der Waals surface area contributed by atoms with E-state index in [1.165, 1.54) is 11.6 Å². The number of nitrogens with zero attached hydrogens (tertiary/aromatic N) is 3. The molecular formula is C11H13N3O2. The van der Waals surface area contributed by atoms with Gasteiger partial charge in [0.2, 0.25) is 0 Å². The molecule has 84 valence electrons. The Balaban J connectivity index is 2.63. The van der Waals surface area contributed by atoms with E-state index < -0.39 is 5.97 Å². The number of fused-ring (bicyclic) bond motifs is 1. The molecule has 0 spiro atoms. The summed E-state index contributed by atoms with van der Waals surface area (Å²) in [6.07, 6.45) is 0.